The van der Waals surface area contributed by atoms with Crippen molar-refractivity contribution in [2.75, 3.05) is 44.7 Å². The molecule has 7 nitrogen and oxygen atoms in total. The predicted molar refractivity (Wildman–Crippen MR) is 75.8 cm³/mol. The Bertz CT molecular complexity index is 546. The van der Waals surface area contributed by atoms with Crippen molar-refractivity contribution in [2.45, 2.75) is 0 Å². The summed E-state index contributed by atoms with van der Waals surface area (Å²) in [6, 6.07) is 3.29. The van der Waals surface area contributed by atoms with Crippen molar-refractivity contribution in [1.29, 1.82) is 0 Å². The molecule has 21 heavy (non-hydrogen) atoms. The molecular formula is C13H17FN4O3. The highest BCUT2D eigenvalue weighted by Crippen LogP contribution is 2.22. The van der Waals surface area contributed by atoms with Crippen molar-refractivity contribution in [3.63, 3.8) is 0 Å². The maximum Gasteiger partial charge on any atom is 0.274 e. The molecule has 1 N–H and O–H groups in total. The van der Waals surface area contributed by atoms with Crippen molar-refractivity contribution in [1.82, 2.24) is 10.2 Å². The van der Waals surface area contributed by atoms with Crippen LogP contribution in [0.1, 0.15) is 0 Å². The van der Waals surface area contributed by atoms with Crippen LogP contribution in [0.25, 0.3) is 0 Å². The number of non-ortho nitro benzene ring substituents is 1. The molecule has 0 unspecified atom stereocenters. The maximum atomic E-state index is 13.4. The van der Waals surface area contributed by atoms with Crippen LogP contribution in [-0.4, -0.2) is 55.5 Å². The standard InChI is InChI=1S/C13H17FN4O3/c1-16(9-13(19)17-4-2-15-3-5-17)11-6-10(14)7-12(8-11)18(20)21/h6-8,15H,2-5,9H2,1H3. The van der Waals surface area contributed by atoms with E-state index in [0.717, 1.165) is 19.2 Å². The number of carbonyl (C=O) groups is 1. The fraction of sp³-hybridized carbons (Fsp3) is 0.462. The van der Waals surface area contributed by atoms with Gasteiger partial charge in [-0.15, -0.1) is 0 Å². The number of likely N-dealkylation sites (N-methyl/N-ethyl adjacent to an activating group) is 1. The number of hydrogen-bond donors (Lipinski definition) is 1. The number of rotatable bonds is 4. The molecule has 0 bridgehead atoms. The van der Waals surface area contributed by atoms with Gasteiger partial charge in [-0.25, -0.2) is 4.39 Å². The molecule has 1 amide bonds. The summed E-state index contributed by atoms with van der Waals surface area (Å²) in [5.74, 6) is -0.772. The molecule has 1 heterocycles. The second-order valence-electron chi connectivity index (χ2n) is 4.91. The molecule has 1 aliphatic rings. The van der Waals surface area contributed by atoms with Gasteiger partial charge in [-0.1, -0.05) is 0 Å². The first-order valence-electron chi connectivity index (χ1n) is 6.62. The molecular weight excluding hydrogens is 279 g/mol. The van der Waals surface area contributed by atoms with E-state index in [1.807, 2.05) is 0 Å². The van der Waals surface area contributed by atoms with Gasteiger partial charge in [0.25, 0.3) is 5.69 Å². The number of carbonyl (C=O) groups excluding carboxylic acids is 1. The van der Waals surface area contributed by atoms with E-state index in [0.29, 0.717) is 18.8 Å². The summed E-state index contributed by atoms with van der Waals surface area (Å²) in [5.41, 5.74) is -0.0170. The second-order valence-corrected chi connectivity index (χ2v) is 4.91. The van der Waals surface area contributed by atoms with Gasteiger partial charge in [0, 0.05) is 45.0 Å². The molecule has 1 aromatic carbocycles. The fourth-order valence-corrected chi connectivity index (χ4v) is 2.19. The second kappa shape index (κ2) is 6.49. The van der Waals surface area contributed by atoms with Crippen LogP contribution in [0.2, 0.25) is 0 Å². The van der Waals surface area contributed by atoms with Gasteiger partial charge in [0.05, 0.1) is 17.5 Å². The molecule has 1 aromatic rings. The van der Waals surface area contributed by atoms with Crippen LogP contribution >= 0.6 is 0 Å². The highest BCUT2D eigenvalue weighted by molar-refractivity contribution is 5.81. The number of nitro benzene ring substituents is 1. The zero-order valence-corrected chi connectivity index (χ0v) is 11.7. The first-order chi connectivity index (χ1) is 9.97. The molecule has 0 aliphatic carbocycles. The molecule has 0 aromatic heterocycles. The number of hydrogen-bond acceptors (Lipinski definition) is 5. The zero-order valence-electron chi connectivity index (χ0n) is 11.7. The van der Waals surface area contributed by atoms with Crippen LogP contribution in [-0.2, 0) is 4.79 Å². The molecule has 0 radical (unpaired) electrons. The van der Waals surface area contributed by atoms with Crippen molar-refractivity contribution < 1.29 is 14.1 Å². The first-order valence-corrected chi connectivity index (χ1v) is 6.62. The van der Waals surface area contributed by atoms with Gasteiger partial charge >= 0.3 is 0 Å². The minimum atomic E-state index is -0.694. The van der Waals surface area contributed by atoms with E-state index in [-0.39, 0.29) is 18.1 Å². The van der Waals surface area contributed by atoms with Crippen molar-refractivity contribution in [3.8, 4) is 0 Å². The summed E-state index contributed by atoms with van der Waals surface area (Å²) in [6.07, 6.45) is 0. The number of nitrogens with zero attached hydrogens (tertiary/aromatic N) is 3. The van der Waals surface area contributed by atoms with E-state index < -0.39 is 10.7 Å². The third kappa shape index (κ3) is 3.88. The lowest BCUT2D eigenvalue weighted by Gasteiger charge is -2.29. The van der Waals surface area contributed by atoms with E-state index in [1.54, 1.807) is 11.9 Å². The van der Waals surface area contributed by atoms with Crippen LogP contribution < -0.4 is 10.2 Å². The first kappa shape index (κ1) is 15.2. The molecule has 8 heteroatoms. The van der Waals surface area contributed by atoms with Crippen LogP contribution in [0.15, 0.2) is 18.2 Å². The highest BCUT2D eigenvalue weighted by Gasteiger charge is 2.19. The normalized spacial score (nSPS) is 14.9. The minimum Gasteiger partial charge on any atom is -0.365 e. The van der Waals surface area contributed by atoms with Crippen molar-refractivity contribution in [2.24, 2.45) is 0 Å². The Kier molecular flexibility index (Phi) is 4.69. The van der Waals surface area contributed by atoms with Crippen molar-refractivity contribution in [3.05, 3.63) is 34.1 Å². The lowest BCUT2D eigenvalue weighted by molar-refractivity contribution is -0.385. The molecule has 0 spiro atoms. The van der Waals surface area contributed by atoms with Crippen LogP contribution in [0.4, 0.5) is 15.8 Å². The number of nitrogens with one attached hydrogen (secondary N) is 1. The Morgan fingerprint density at radius 3 is 2.71 bits per heavy atom. The predicted octanol–water partition coefficient (Wildman–Crippen LogP) is 0.602. The van der Waals surface area contributed by atoms with E-state index in [4.69, 9.17) is 0 Å². The maximum absolute atomic E-state index is 13.4. The average molecular weight is 296 g/mol. The third-order valence-electron chi connectivity index (χ3n) is 3.36. The Hall–Kier alpha value is -2.22. The monoisotopic (exact) mass is 296 g/mol. The molecule has 1 fully saturated rings. The Balaban J connectivity index is 2.07. The van der Waals surface area contributed by atoms with Gasteiger partial charge in [0.1, 0.15) is 5.82 Å². The van der Waals surface area contributed by atoms with Crippen LogP contribution in [0, 0.1) is 15.9 Å². The lowest BCUT2D eigenvalue weighted by Crippen LogP contribution is -2.49. The number of piperazine rings is 1. The third-order valence-corrected chi connectivity index (χ3v) is 3.36. The number of anilines is 1. The zero-order chi connectivity index (χ0) is 15.4. The number of halogens is 1. The number of benzene rings is 1. The molecule has 1 saturated heterocycles. The van der Waals surface area contributed by atoms with E-state index in [9.17, 15) is 19.3 Å². The lowest BCUT2D eigenvalue weighted by atomic mass is 10.2. The van der Waals surface area contributed by atoms with Crippen LogP contribution in [0.5, 0.6) is 0 Å². The molecule has 114 valence electrons. The summed E-state index contributed by atoms with van der Waals surface area (Å²) in [7, 11) is 1.61. The van der Waals surface area contributed by atoms with Gasteiger partial charge in [-0.2, -0.15) is 0 Å². The highest BCUT2D eigenvalue weighted by atomic mass is 19.1. The Morgan fingerprint density at radius 2 is 2.10 bits per heavy atom. The quantitative estimate of drug-likeness (QED) is 0.650. The number of amides is 1. The minimum absolute atomic E-state index is 0.0562. The van der Waals surface area contributed by atoms with E-state index in [1.165, 1.54) is 17.0 Å². The molecule has 1 aliphatic heterocycles. The van der Waals surface area contributed by atoms with E-state index in [2.05, 4.69) is 5.32 Å². The SMILES string of the molecule is CN(CC(=O)N1CCNCC1)c1cc(F)cc([N+](=O)[O-])c1. The molecule has 2 rings (SSSR count). The van der Waals surface area contributed by atoms with Gasteiger partial charge in [-0.05, 0) is 6.07 Å². The van der Waals surface area contributed by atoms with Crippen molar-refractivity contribution >= 4 is 17.3 Å². The summed E-state index contributed by atoms with van der Waals surface area (Å²) in [4.78, 5) is 25.4. The smallest absolute Gasteiger partial charge is 0.274 e. The van der Waals surface area contributed by atoms with Gasteiger partial charge in [0.2, 0.25) is 5.91 Å². The molecule has 0 atom stereocenters. The van der Waals surface area contributed by atoms with Crippen LogP contribution in [0.3, 0.4) is 0 Å². The Morgan fingerprint density at radius 1 is 1.43 bits per heavy atom. The summed E-state index contributed by atoms with van der Waals surface area (Å²) in [5, 5.41) is 13.9. The summed E-state index contributed by atoms with van der Waals surface area (Å²) in [6.45, 7) is 2.83. The van der Waals surface area contributed by atoms with Gasteiger partial charge < -0.3 is 15.1 Å². The fourth-order valence-electron chi connectivity index (χ4n) is 2.19. The Labute approximate surface area is 121 Å². The average Bonchev–Trinajstić information content (AvgIpc) is 2.47. The largest absolute Gasteiger partial charge is 0.365 e. The van der Waals surface area contributed by atoms with Gasteiger partial charge in [0.15, 0.2) is 0 Å². The topological polar surface area (TPSA) is 78.7 Å². The number of nitro groups is 1. The summed E-state index contributed by atoms with van der Waals surface area (Å²) < 4.78 is 13.4. The summed E-state index contributed by atoms with van der Waals surface area (Å²) >= 11 is 0. The van der Waals surface area contributed by atoms with Gasteiger partial charge in [-0.3, -0.25) is 14.9 Å². The van der Waals surface area contributed by atoms with E-state index >= 15 is 0 Å². The molecule has 0 saturated carbocycles.